The van der Waals surface area contributed by atoms with Crippen molar-refractivity contribution in [2.75, 3.05) is 14.1 Å². The molecule has 1 aromatic carbocycles. The molecular weight excluding hydrogens is 214 g/mol. The molecule has 92 valence electrons. The predicted molar refractivity (Wildman–Crippen MR) is 67.4 cm³/mol. The summed E-state index contributed by atoms with van der Waals surface area (Å²) in [5.41, 5.74) is 6.58. The lowest BCUT2D eigenvalue weighted by Gasteiger charge is -2.25. The summed E-state index contributed by atoms with van der Waals surface area (Å²) in [7, 11) is 4.07. The van der Waals surface area contributed by atoms with Crippen LogP contribution in [-0.2, 0) is 4.79 Å². The van der Waals surface area contributed by atoms with Crippen molar-refractivity contribution in [3.8, 4) is 0 Å². The zero-order valence-electron chi connectivity index (χ0n) is 10.3. The van der Waals surface area contributed by atoms with E-state index in [1.807, 2.05) is 32.3 Å². The first-order valence-electron chi connectivity index (χ1n) is 5.86. The summed E-state index contributed by atoms with van der Waals surface area (Å²) in [6, 6.07) is 10.4. The fourth-order valence-corrected chi connectivity index (χ4v) is 2.46. The van der Waals surface area contributed by atoms with Gasteiger partial charge in [0.05, 0.1) is 6.04 Å². The molecule has 0 aliphatic carbocycles. The van der Waals surface area contributed by atoms with E-state index in [4.69, 9.17) is 5.73 Å². The molecule has 1 aromatic rings. The third-order valence-electron chi connectivity index (χ3n) is 3.41. The maximum atomic E-state index is 11.3. The Morgan fingerprint density at radius 3 is 2.53 bits per heavy atom. The van der Waals surface area contributed by atoms with Crippen LogP contribution in [0, 0.1) is 0 Å². The van der Waals surface area contributed by atoms with E-state index in [1.54, 1.807) is 0 Å². The molecule has 2 rings (SSSR count). The number of likely N-dealkylation sites (N-methyl/N-ethyl adjacent to an activating group) is 1. The van der Waals surface area contributed by atoms with Crippen molar-refractivity contribution in [3.63, 3.8) is 0 Å². The molecule has 4 nitrogen and oxygen atoms in total. The largest absolute Gasteiger partial charge is 0.368 e. The van der Waals surface area contributed by atoms with Gasteiger partial charge in [-0.3, -0.25) is 10.1 Å². The minimum atomic E-state index is -0.268. The van der Waals surface area contributed by atoms with Crippen LogP contribution in [0.3, 0.4) is 0 Å². The number of nitrogens with zero attached hydrogens (tertiary/aromatic N) is 1. The van der Waals surface area contributed by atoms with Crippen LogP contribution in [0.4, 0.5) is 0 Å². The number of carbonyl (C=O) groups excluding carboxylic acids is 1. The molecule has 0 bridgehead atoms. The van der Waals surface area contributed by atoms with Crippen LogP contribution in [0.1, 0.15) is 18.0 Å². The van der Waals surface area contributed by atoms with E-state index in [0.717, 1.165) is 6.42 Å². The van der Waals surface area contributed by atoms with Crippen LogP contribution in [-0.4, -0.2) is 37.0 Å². The monoisotopic (exact) mass is 233 g/mol. The molecule has 0 spiro atoms. The van der Waals surface area contributed by atoms with Gasteiger partial charge in [-0.2, -0.15) is 0 Å². The molecule has 0 radical (unpaired) electrons. The lowest BCUT2D eigenvalue weighted by molar-refractivity contribution is -0.119. The van der Waals surface area contributed by atoms with E-state index in [1.165, 1.54) is 5.56 Å². The molecular formula is C13H19N3O. The Hall–Kier alpha value is -1.39. The third kappa shape index (κ3) is 2.48. The Morgan fingerprint density at radius 2 is 2.00 bits per heavy atom. The van der Waals surface area contributed by atoms with Gasteiger partial charge < -0.3 is 10.6 Å². The van der Waals surface area contributed by atoms with E-state index in [2.05, 4.69) is 22.3 Å². The Kier molecular flexibility index (Phi) is 3.45. The number of primary amides is 1. The predicted octanol–water partition coefficient (Wildman–Crippen LogP) is 0.505. The summed E-state index contributed by atoms with van der Waals surface area (Å²) in [5.74, 6) is -0.268. The standard InChI is InChI=1S/C13H19N3O/c1-16(2)11-8-10(13(14)17)15-12(11)9-6-4-3-5-7-9/h3-7,10-12,15H,8H2,1-2H3,(H2,14,17)/t10-,11+,12-/m0/s1. The van der Waals surface area contributed by atoms with Gasteiger partial charge in [0.1, 0.15) is 0 Å². The SMILES string of the molecule is CN(C)[C@@H]1C[C@@H](C(N)=O)N[C@H]1c1ccccc1. The molecule has 0 unspecified atom stereocenters. The van der Waals surface area contributed by atoms with Crippen LogP contribution < -0.4 is 11.1 Å². The number of rotatable bonds is 3. The van der Waals surface area contributed by atoms with E-state index in [-0.39, 0.29) is 18.0 Å². The summed E-state index contributed by atoms with van der Waals surface area (Å²) >= 11 is 0. The normalized spacial score (nSPS) is 28.5. The Labute approximate surface area is 102 Å². The first kappa shape index (κ1) is 12.1. The molecule has 1 amide bonds. The number of hydrogen-bond acceptors (Lipinski definition) is 3. The smallest absolute Gasteiger partial charge is 0.234 e. The number of carbonyl (C=O) groups is 1. The molecule has 1 heterocycles. The van der Waals surface area contributed by atoms with Crippen molar-refractivity contribution in [3.05, 3.63) is 35.9 Å². The van der Waals surface area contributed by atoms with E-state index in [0.29, 0.717) is 6.04 Å². The van der Waals surface area contributed by atoms with E-state index < -0.39 is 0 Å². The highest BCUT2D eigenvalue weighted by Gasteiger charge is 2.38. The number of amides is 1. The quantitative estimate of drug-likeness (QED) is 0.799. The fraction of sp³-hybridized carbons (Fsp3) is 0.462. The van der Waals surface area contributed by atoms with Crippen molar-refractivity contribution < 1.29 is 4.79 Å². The van der Waals surface area contributed by atoms with Crippen molar-refractivity contribution in [1.82, 2.24) is 10.2 Å². The van der Waals surface area contributed by atoms with Crippen LogP contribution in [0.25, 0.3) is 0 Å². The number of hydrogen-bond donors (Lipinski definition) is 2. The van der Waals surface area contributed by atoms with Gasteiger partial charge in [0.15, 0.2) is 0 Å². The zero-order valence-corrected chi connectivity index (χ0v) is 10.3. The average molecular weight is 233 g/mol. The summed E-state index contributed by atoms with van der Waals surface area (Å²) in [6.45, 7) is 0. The highest BCUT2D eigenvalue weighted by atomic mass is 16.1. The maximum Gasteiger partial charge on any atom is 0.234 e. The van der Waals surface area contributed by atoms with Crippen molar-refractivity contribution in [1.29, 1.82) is 0 Å². The van der Waals surface area contributed by atoms with Gasteiger partial charge in [0.25, 0.3) is 0 Å². The molecule has 1 aliphatic heterocycles. The second-order valence-corrected chi connectivity index (χ2v) is 4.78. The first-order valence-corrected chi connectivity index (χ1v) is 5.86. The fourth-order valence-electron chi connectivity index (χ4n) is 2.46. The molecule has 3 atom stereocenters. The van der Waals surface area contributed by atoms with Crippen molar-refractivity contribution >= 4 is 5.91 Å². The van der Waals surface area contributed by atoms with Crippen LogP contribution >= 0.6 is 0 Å². The van der Waals surface area contributed by atoms with Crippen molar-refractivity contribution in [2.45, 2.75) is 24.5 Å². The van der Waals surface area contributed by atoms with Gasteiger partial charge in [-0.25, -0.2) is 0 Å². The molecule has 0 saturated carbocycles. The third-order valence-corrected chi connectivity index (χ3v) is 3.41. The van der Waals surface area contributed by atoms with E-state index in [9.17, 15) is 4.79 Å². The molecule has 1 fully saturated rings. The highest BCUT2D eigenvalue weighted by Crippen LogP contribution is 2.29. The summed E-state index contributed by atoms with van der Waals surface area (Å²) < 4.78 is 0. The van der Waals surface area contributed by atoms with Crippen LogP contribution in [0.2, 0.25) is 0 Å². The number of benzene rings is 1. The van der Waals surface area contributed by atoms with Gasteiger partial charge in [0.2, 0.25) is 5.91 Å². The molecule has 1 aliphatic rings. The molecule has 1 saturated heterocycles. The highest BCUT2D eigenvalue weighted by molar-refractivity contribution is 5.80. The first-order chi connectivity index (χ1) is 8.09. The lowest BCUT2D eigenvalue weighted by Crippen LogP contribution is -2.37. The number of nitrogens with one attached hydrogen (secondary N) is 1. The van der Waals surface area contributed by atoms with Gasteiger partial charge in [-0.1, -0.05) is 30.3 Å². The maximum absolute atomic E-state index is 11.3. The van der Waals surface area contributed by atoms with Crippen molar-refractivity contribution in [2.24, 2.45) is 5.73 Å². The van der Waals surface area contributed by atoms with Gasteiger partial charge in [-0.05, 0) is 26.1 Å². The zero-order chi connectivity index (χ0) is 12.4. The molecule has 4 heteroatoms. The van der Waals surface area contributed by atoms with Gasteiger partial charge in [0, 0.05) is 12.1 Å². The van der Waals surface area contributed by atoms with Crippen LogP contribution in [0.5, 0.6) is 0 Å². The summed E-state index contributed by atoms with van der Waals surface area (Å²) in [6.07, 6.45) is 0.766. The molecule has 3 N–H and O–H groups in total. The minimum Gasteiger partial charge on any atom is -0.368 e. The minimum absolute atomic E-state index is 0.170. The second-order valence-electron chi connectivity index (χ2n) is 4.78. The summed E-state index contributed by atoms with van der Waals surface area (Å²) in [4.78, 5) is 13.4. The van der Waals surface area contributed by atoms with Gasteiger partial charge >= 0.3 is 0 Å². The number of nitrogens with two attached hydrogens (primary N) is 1. The summed E-state index contributed by atoms with van der Waals surface area (Å²) in [5, 5.41) is 3.32. The molecule has 17 heavy (non-hydrogen) atoms. The Balaban J connectivity index is 2.23. The lowest BCUT2D eigenvalue weighted by atomic mass is 9.99. The van der Waals surface area contributed by atoms with E-state index >= 15 is 0 Å². The Morgan fingerprint density at radius 1 is 1.35 bits per heavy atom. The second kappa shape index (κ2) is 4.85. The van der Waals surface area contributed by atoms with Gasteiger partial charge in [-0.15, -0.1) is 0 Å². The Bertz CT molecular complexity index is 391. The average Bonchev–Trinajstić information content (AvgIpc) is 2.75. The molecule has 0 aromatic heterocycles. The van der Waals surface area contributed by atoms with Crippen LogP contribution in [0.15, 0.2) is 30.3 Å². The topological polar surface area (TPSA) is 58.4 Å².